The van der Waals surface area contributed by atoms with Crippen LogP contribution in [0, 0.1) is 0 Å². The molecule has 1 aromatic rings. The van der Waals surface area contributed by atoms with Gasteiger partial charge in [-0.2, -0.15) is 0 Å². The number of aromatic amines is 1. The molecule has 9 heteroatoms. The molecular weight excluding hydrogens is 494 g/mol. The van der Waals surface area contributed by atoms with E-state index in [-0.39, 0.29) is 6.61 Å². The molecule has 2 unspecified atom stereocenters. The van der Waals surface area contributed by atoms with Gasteiger partial charge < -0.3 is 14.9 Å². The highest BCUT2D eigenvalue weighted by Crippen LogP contribution is 2.33. The van der Waals surface area contributed by atoms with E-state index in [0.717, 1.165) is 0 Å². The summed E-state index contributed by atoms with van der Waals surface area (Å²) in [5.41, 5.74) is -0.785. The molecule has 0 aliphatic carbocycles. The number of rotatable bonds is 3. The van der Waals surface area contributed by atoms with Gasteiger partial charge in [-0.05, 0) is 10.2 Å². The molecule has 1 aliphatic heterocycles. The summed E-state index contributed by atoms with van der Waals surface area (Å²) in [4.78, 5) is 25.7. The zero-order chi connectivity index (χ0) is 14.9. The van der Waals surface area contributed by atoms with Gasteiger partial charge in [-0.3, -0.25) is 14.3 Å². The Hall–Kier alpha value is -0.240. The summed E-state index contributed by atoms with van der Waals surface area (Å²) in [6.07, 6.45) is 0.580. The van der Waals surface area contributed by atoms with Gasteiger partial charge >= 0.3 is 5.69 Å². The number of aliphatic hydroxyl groups is 2. The molecule has 20 heavy (non-hydrogen) atoms. The van der Waals surface area contributed by atoms with Gasteiger partial charge in [0.2, 0.25) is 0 Å². The molecule has 1 aromatic heterocycles. The van der Waals surface area contributed by atoms with E-state index in [4.69, 9.17) is 9.84 Å². The summed E-state index contributed by atoms with van der Waals surface area (Å²) in [6, 6.07) is 0. The molecule has 1 aliphatic rings. The highest BCUT2D eigenvalue weighted by Gasteiger charge is 2.43. The van der Waals surface area contributed by atoms with E-state index >= 15 is 0 Å². The number of aromatic nitrogens is 2. The fourth-order valence-electron chi connectivity index (χ4n) is 1.95. The number of nitrogens with zero attached hydrogens (tertiary/aromatic N) is 1. The highest BCUT2D eigenvalue weighted by atomic mass is 127. The molecule has 4 atom stereocenters. The summed E-state index contributed by atoms with van der Waals surface area (Å²) in [7, 11) is 0. The molecule has 7 nitrogen and oxygen atoms in total. The van der Waals surface area contributed by atoms with Gasteiger partial charge in [0.15, 0.2) is 6.23 Å². The molecule has 0 bridgehead atoms. The summed E-state index contributed by atoms with van der Waals surface area (Å²) in [5, 5.41) is 19.0. The number of hydrogen-bond acceptors (Lipinski definition) is 5. The Morgan fingerprint density at radius 1 is 1.50 bits per heavy atom. The number of aliphatic hydroxyl groups excluding tert-OH is 2. The molecular formula is C11H12I2N2O5. The number of nitrogens with one attached hydrogen (secondary N) is 1. The van der Waals surface area contributed by atoms with Crippen LogP contribution in [-0.4, -0.2) is 42.5 Å². The molecule has 0 saturated carbocycles. The number of halogens is 2. The van der Waals surface area contributed by atoms with E-state index < -0.39 is 33.6 Å². The number of ether oxygens (including phenoxy) is 1. The van der Waals surface area contributed by atoms with Crippen LogP contribution in [0.5, 0.6) is 0 Å². The lowest BCUT2D eigenvalue weighted by atomic mass is 10.2. The minimum Gasteiger partial charge on any atom is -0.394 e. The SMILES string of the molecule is O=c1[nH]c(=O)n([C@H]2O[C@@H](CO)C(O)C2I)cc1C=CI. The van der Waals surface area contributed by atoms with Crippen LogP contribution < -0.4 is 11.2 Å². The molecule has 2 rings (SSSR count). The standard InChI is InChI=1S/C11H12I2N2O5/c12-2-1-5-3-15(11(19)14-9(5)18)10-7(13)8(17)6(4-16)20-10/h1-3,6-8,10,16-17H,4H2,(H,14,18,19)/t6-,7?,8?,10-/m0/s1. The van der Waals surface area contributed by atoms with Crippen LogP contribution in [0.4, 0.5) is 0 Å². The Morgan fingerprint density at radius 2 is 2.20 bits per heavy atom. The quantitative estimate of drug-likeness (QED) is 0.396. The van der Waals surface area contributed by atoms with Crippen LogP contribution in [-0.2, 0) is 4.74 Å². The average Bonchev–Trinajstić information content (AvgIpc) is 2.70. The van der Waals surface area contributed by atoms with Crippen molar-refractivity contribution in [1.82, 2.24) is 9.55 Å². The molecule has 1 fully saturated rings. The van der Waals surface area contributed by atoms with E-state index in [2.05, 4.69) is 4.98 Å². The maximum atomic E-state index is 11.9. The Balaban J connectivity index is 2.46. The maximum absolute atomic E-state index is 11.9. The third kappa shape index (κ3) is 3.00. The molecule has 3 N–H and O–H groups in total. The van der Waals surface area contributed by atoms with Gasteiger partial charge in [-0.25, -0.2) is 4.79 Å². The first-order valence-corrected chi connectivity index (χ1v) is 8.19. The average molecular weight is 506 g/mol. The highest BCUT2D eigenvalue weighted by molar-refractivity contribution is 14.1. The predicted molar refractivity (Wildman–Crippen MR) is 89.2 cm³/mol. The first-order valence-electron chi connectivity index (χ1n) is 5.70. The van der Waals surface area contributed by atoms with E-state index in [1.54, 1.807) is 10.2 Å². The van der Waals surface area contributed by atoms with Gasteiger partial charge in [-0.15, -0.1) is 0 Å². The minimum absolute atomic E-state index is 0.313. The number of hydrogen-bond donors (Lipinski definition) is 3. The lowest BCUT2D eigenvalue weighted by molar-refractivity contribution is -0.0456. The van der Waals surface area contributed by atoms with E-state index in [1.165, 1.54) is 10.8 Å². The molecule has 0 aromatic carbocycles. The second-order valence-corrected chi connectivity index (χ2v) is 6.38. The predicted octanol–water partition coefficient (Wildman–Crippen LogP) is -0.00350. The second kappa shape index (κ2) is 6.68. The van der Waals surface area contributed by atoms with Crippen LogP contribution in [0.2, 0.25) is 0 Å². The third-order valence-electron chi connectivity index (χ3n) is 2.99. The van der Waals surface area contributed by atoms with Gasteiger partial charge in [0, 0.05) is 6.20 Å². The molecule has 1 saturated heterocycles. The zero-order valence-electron chi connectivity index (χ0n) is 10.1. The van der Waals surface area contributed by atoms with Crippen molar-refractivity contribution < 1.29 is 14.9 Å². The van der Waals surface area contributed by atoms with E-state index in [9.17, 15) is 14.7 Å². The summed E-state index contributed by atoms with van der Waals surface area (Å²) >= 11 is 3.93. The van der Waals surface area contributed by atoms with Gasteiger partial charge in [-0.1, -0.05) is 45.2 Å². The topological polar surface area (TPSA) is 105 Å². The smallest absolute Gasteiger partial charge is 0.330 e. The van der Waals surface area contributed by atoms with Gasteiger partial charge in [0.25, 0.3) is 5.56 Å². The molecule has 0 amide bonds. The van der Waals surface area contributed by atoms with E-state index in [0.29, 0.717) is 5.56 Å². The van der Waals surface area contributed by atoms with Crippen molar-refractivity contribution in [2.45, 2.75) is 22.4 Å². The second-order valence-electron chi connectivity index (χ2n) is 4.23. The Kier molecular flexibility index (Phi) is 5.39. The third-order valence-corrected chi connectivity index (χ3v) is 4.70. The van der Waals surface area contributed by atoms with Gasteiger partial charge in [0.05, 0.1) is 22.2 Å². The van der Waals surface area contributed by atoms with Crippen LogP contribution in [0.15, 0.2) is 19.9 Å². The van der Waals surface area contributed by atoms with E-state index in [1.807, 2.05) is 45.2 Å². The fourth-order valence-corrected chi connectivity index (χ4v) is 3.32. The molecule has 2 heterocycles. The van der Waals surface area contributed by atoms with Crippen molar-refractivity contribution >= 4 is 51.3 Å². The molecule has 0 radical (unpaired) electrons. The largest absolute Gasteiger partial charge is 0.394 e. The Bertz CT molecular complexity index is 626. The van der Waals surface area contributed by atoms with Crippen molar-refractivity contribution in [2.75, 3.05) is 6.61 Å². The van der Waals surface area contributed by atoms with Crippen molar-refractivity contribution in [1.29, 1.82) is 0 Å². The normalized spacial score (nSPS) is 30.2. The van der Waals surface area contributed by atoms with Crippen molar-refractivity contribution in [2.24, 2.45) is 0 Å². The summed E-state index contributed by atoms with van der Waals surface area (Å²) in [5.74, 6) is 0. The van der Waals surface area contributed by atoms with Crippen molar-refractivity contribution in [3.63, 3.8) is 0 Å². The Labute approximate surface area is 140 Å². The summed E-state index contributed by atoms with van der Waals surface area (Å²) in [6.45, 7) is -0.338. The lowest BCUT2D eigenvalue weighted by Gasteiger charge is -2.17. The summed E-state index contributed by atoms with van der Waals surface area (Å²) < 4.78 is 7.95. The van der Waals surface area contributed by atoms with Crippen molar-refractivity contribution in [3.8, 4) is 0 Å². The maximum Gasteiger partial charge on any atom is 0.330 e. The van der Waals surface area contributed by atoms with Gasteiger partial charge in [0.1, 0.15) is 6.10 Å². The first kappa shape index (κ1) is 16.1. The van der Waals surface area contributed by atoms with Crippen LogP contribution in [0.1, 0.15) is 11.8 Å². The Morgan fingerprint density at radius 3 is 2.75 bits per heavy atom. The molecule has 0 spiro atoms. The minimum atomic E-state index is -0.881. The fraction of sp³-hybridized carbons (Fsp3) is 0.455. The molecule has 110 valence electrons. The lowest BCUT2D eigenvalue weighted by Crippen LogP contribution is -2.36. The first-order chi connectivity index (χ1) is 9.49. The van der Waals surface area contributed by atoms with Crippen LogP contribution >= 0.6 is 45.2 Å². The zero-order valence-corrected chi connectivity index (χ0v) is 14.4. The monoisotopic (exact) mass is 506 g/mol. The number of H-pyrrole nitrogens is 1. The number of alkyl halides is 1. The van der Waals surface area contributed by atoms with Crippen LogP contribution in [0.25, 0.3) is 6.08 Å². The van der Waals surface area contributed by atoms with Crippen molar-refractivity contribution in [3.05, 3.63) is 36.7 Å². The van der Waals surface area contributed by atoms with Crippen LogP contribution in [0.3, 0.4) is 0 Å².